The second-order valence-electron chi connectivity index (χ2n) is 4.43. The monoisotopic (exact) mass is 337 g/mol. The second-order valence-corrected chi connectivity index (χ2v) is 5.34. The molecule has 0 radical (unpaired) electrons. The van der Waals surface area contributed by atoms with Gasteiger partial charge in [-0.3, -0.25) is 0 Å². The van der Waals surface area contributed by atoms with E-state index >= 15 is 0 Å². The van der Waals surface area contributed by atoms with Crippen LogP contribution in [0.2, 0.25) is 0 Å². The quantitative estimate of drug-likeness (QED) is 0.878. The maximum absolute atomic E-state index is 13.1. The fourth-order valence-corrected chi connectivity index (χ4v) is 2.53. The molecule has 4 heteroatoms. The molecule has 2 nitrogen and oxygen atoms in total. The fraction of sp³-hybridized carbons (Fsp3) is 0.250. The first-order valence-corrected chi connectivity index (χ1v) is 7.27. The summed E-state index contributed by atoms with van der Waals surface area (Å²) in [4.78, 5) is 0. The zero-order chi connectivity index (χ0) is 14.5. The number of benzene rings is 2. The van der Waals surface area contributed by atoms with Gasteiger partial charge in [-0.2, -0.15) is 0 Å². The molecule has 0 aliphatic heterocycles. The van der Waals surface area contributed by atoms with Gasteiger partial charge in [-0.1, -0.05) is 41.1 Å². The van der Waals surface area contributed by atoms with Crippen LogP contribution in [-0.4, -0.2) is 13.7 Å². The Labute approximate surface area is 127 Å². The van der Waals surface area contributed by atoms with E-state index in [1.54, 1.807) is 19.2 Å². The van der Waals surface area contributed by atoms with Gasteiger partial charge in [0, 0.05) is 10.0 Å². The summed E-state index contributed by atoms with van der Waals surface area (Å²) in [5, 5.41) is 3.41. The van der Waals surface area contributed by atoms with Gasteiger partial charge in [-0.05, 0) is 36.4 Å². The van der Waals surface area contributed by atoms with E-state index in [0.717, 1.165) is 27.9 Å². The Morgan fingerprint density at radius 2 is 1.90 bits per heavy atom. The molecule has 1 unspecified atom stereocenters. The molecule has 0 aromatic heterocycles. The predicted molar refractivity (Wildman–Crippen MR) is 82.6 cm³/mol. The highest BCUT2D eigenvalue weighted by atomic mass is 79.9. The molecule has 1 atom stereocenters. The molecular weight excluding hydrogens is 321 g/mol. The molecule has 0 amide bonds. The molecular formula is C16H17BrFNO. The Morgan fingerprint density at radius 1 is 1.20 bits per heavy atom. The number of hydrogen-bond donors (Lipinski definition) is 1. The number of ether oxygens (including phenoxy) is 1. The normalized spacial score (nSPS) is 12.2. The number of rotatable bonds is 5. The van der Waals surface area contributed by atoms with Crippen LogP contribution in [0.4, 0.5) is 4.39 Å². The van der Waals surface area contributed by atoms with Crippen LogP contribution < -0.4 is 10.1 Å². The molecule has 106 valence electrons. The predicted octanol–water partition coefficient (Wildman–Crippen LogP) is 4.30. The summed E-state index contributed by atoms with van der Waals surface area (Å²) in [5.41, 5.74) is 2.04. The van der Waals surface area contributed by atoms with Gasteiger partial charge in [-0.25, -0.2) is 4.39 Å². The molecule has 2 aromatic carbocycles. The number of hydrogen-bond acceptors (Lipinski definition) is 2. The molecule has 0 spiro atoms. The lowest BCUT2D eigenvalue weighted by Gasteiger charge is -2.21. The van der Waals surface area contributed by atoms with E-state index in [2.05, 4.69) is 21.2 Å². The van der Waals surface area contributed by atoms with Gasteiger partial charge in [0.1, 0.15) is 11.6 Å². The molecule has 0 fully saturated rings. The molecule has 0 bridgehead atoms. The Bertz CT molecular complexity index is 571. The minimum Gasteiger partial charge on any atom is -0.496 e. The zero-order valence-electron chi connectivity index (χ0n) is 11.5. The van der Waals surface area contributed by atoms with Crippen molar-refractivity contribution in [2.24, 2.45) is 0 Å². The Hall–Kier alpha value is -1.39. The molecule has 0 heterocycles. The third kappa shape index (κ3) is 3.38. The van der Waals surface area contributed by atoms with Crippen LogP contribution in [0, 0.1) is 5.82 Å². The molecule has 1 N–H and O–H groups in total. The fourth-order valence-electron chi connectivity index (χ4n) is 2.19. The van der Waals surface area contributed by atoms with E-state index in [1.165, 1.54) is 12.1 Å². The minimum absolute atomic E-state index is 0.0244. The Kier molecular flexibility index (Phi) is 5.15. The summed E-state index contributed by atoms with van der Waals surface area (Å²) in [6.07, 6.45) is 0. The van der Waals surface area contributed by atoms with Crippen molar-refractivity contribution in [2.45, 2.75) is 13.0 Å². The first-order chi connectivity index (χ1) is 9.65. The summed E-state index contributed by atoms with van der Waals surface area (Å²) < 4.78 is 19.5. The van der Waals surface area contributed by atoms with Gasteiger partial charge in [0.2, 0.25) is 0 Å². The summed E-state index contributed by atoms with van der Waals surface area (Å²) in [5.74, 6) is 0.571. The van der Waals surface area contributed by atoms with Gasteiger partial charge in [0.05, 0.1) is 13.2 Å². The molecule has 0 aliphatic carbocycles. The summed E-state index contributed by atoms with van der Waals surface area (Å²) in [6, 6.07) is 12.4. The molecule has 2 aromatic rings. The minimum atomic E-state index is -0.230. The smallest absolute Gasteiger partial charge is 0.125 e. The Balaban J connectivity index is 2.45. The van der Waals surface area contributed by atoms with Crippen molar-refractivity contribution in [1.29, 1.82) is 0 Å². The highest BCUT2D eigenvalue weighted by molar-refractivity contribution is 9.10. The van der Waals surface area contributed by atoms with Crippen LogP contribution in [0.15, 0.2) is 46.9 Å². The van der Waals surface area contributed by atoms with Crippen molar-refractivity contribution in [1.82, 2.24) is 5.32 Å². The average Bonchev–Trinajstić information content (AvgIpc) is 2.46. The lowest BCUT2D eigenvalue weighted by atomic mass is 9.97. The van der Waals surface area contributed by atoms with Gasteiger partial charge in [0.25, 0.3) is 0 Å². The Morgan fingerprint density at radius 3 is 2.50 bits per heavy atom. The average molecular weight is 338 g/mol. The third-order valence-electron chi connectivity index (χ3n) is 3.12. The number of halogens is 2. The first kappa shape index (κ1) is 15.0. The van der Waals surface area contributed by atoms with Gasteiger partial charge < -0.3 is 10.1 Å². The van der Waals surface area contributed by atoms with E-state index < -0.39 is 0 Å². The van der Waals surface area contributed by atoms with Crippen molar-refractivity contribution in [3.8, 4) is 5.75 Å². The van der Waals surface area contributed by atoms with Crippen LogP contribution in [0.1, 0.15) is 24.1 Å². The van der Waals surface area contributed by atoms with E-state index in [-0.39, 0.29) is 11.9 Å². The van der Waals surface area contributed by atoms with Crippen molar-refractivity contribution in [2.75, 3.05) is 13.7 Å². The number of methoxy groups -OCH3 is 1. The van der Waals surface area contributed by atoms with Crippen molar-refractivity contribution in [3.63, 3.8) is 0 Å². The first-order valence-electron chi connectivity index (χ1n) is 6.48. The number of nitrogens with one attached hydrogen (secondary N) is 1. The topological polar surface area (TPSA) is 21.3 Å². The standard InChI is InChI=1S/C16H17BrFNO/c1-3-19-16(11-4-7-13(18)8-5-11)14-9-6-12(17)10-15(14)20-2/h4-10,16,19H,3H2,1-2H3. The van der Waals surface area contributed by atoms with Crippen molar-refractivity contribution < 1.29 is 9.13 Å². The highest BCUT2D eigenvalue weighted by Crippen LogP contribution is 2.32. The lowest BCUT2D eigenvalue weighted by Crippen LogP contribution is -2.22. The largest absolute Gasteiger partial charge is 0.496 e. The van der Waals surface area contributed by atoms with Gasteiger partial charge in [-0.15, -0.1) is 0 Å². The summed E-state index contributed by atoms with van der Waals surface area (Å²) in [7, 11) is 1.65. The summed E-state index contributed by atoms with van der Waals surface area (Å²) in [6.45, 7) is 2.85. The molecule has 20 heavy (non-hydrogen) atoms. The van der Waals surface area contributed by atoms with Crippen molar-refractivity contribution >= 4 is 15.9 Å². The van der Waals surface area contributed by atoms with Crippen LogP contribution in [0.5, 0.6) is 5.75 Å². The maximum Gasteiger partial charge on any atom is 0.125 e. The lowest BCUT2D eigenvalue weighted by molar-refractivity contribution is 0.404. The van der Waals surface area contributed by atoms with Gasteiger partial charge >= 0.3 is 0 Å². The molecule has 2 rings (SSSR count). The van der Waals surface area contributed by atoms with Crippen LogP contribution in [0.3, 0.4) is 0 Å². The van der Waals surface area contributed by atoms with Crippen LogP contribution in [0.25, 0.3) is 0 Å². The van der Waals surface area contributed by atoms with E-state index in [1.807, 2.05) is 25.1 Å². The molecule has 0 saturated heterocycles. The van der Waals surface area contributed by atoms with Crippen molar-refractivity contribution in [3.05, 3.63) is 63.9 Å². The highest BCUT2D eigenvalue weighted by Gasteiger charge is 2.17. The summed E-state index contributed by atoms with van der Waals surface area (Å²) >= 11 is 3.44. The maximum atomic E-state index is 13.1. The molecule has 0 aliphatic rings. The third-order valence-corrected chi connectivity index (χ3v) is 3.61. The van der Waals surface area contributed by atoms with E-state index in [4.69, 9.17) is 4.74 Å². The van der Waals surface area contributed by atoms with E-state index in [0.29, 0.717) is 0 Å². The van der Waals surface area contributed by atoms with Crippen LogP contribution in [-0.2, 0) is 0 Å². The second kappa shape index (κ2) is 6.86. The van der Waals surface area contributed by atoms with Gasteiger partial charge in [0.15, 0.2) is 0 Å². The SMILES string of the molecule is CCNC(c1ccc(F)cc1)c1ccc(Br)cc1OC. The van der Waals surface area contributed by atoms with E-state index in [9.17, 15) is 4.39 Å². The van der Waals surface area contributed by atoms with Crippen LogP contribution >= 0.6 is 15.9 Å². The molecule has 0 saturated carbocycles. The zero-order valence-corrected chi connectivity index (χ0v) is 13.1.